The van der Waals surface area contributed by atoms with Crippen molar-refractivity contribution in [2.24, 2.45) is 12.8 Å². The zero-order valence-corrected chi connectivity index (χ0v) is 10.0. The minimum absolute atomic E-state index is 0.141. The molecule has 5 nitrogen and oxygen atoms in total. The van der Waals surface area contributed by atoms with Crippen molar-refractivity contribution in [1.29, 1.82) is 0 Å². The number of rotatable bonds is 3. The Morgan fingerprint density at radius 3 is 2.62 bits per heavy atom. The summed E-state index contributed by atoms with van der Waals surface area (Å²) in [6.45, 7) is 0. The average molecular weight is 224 g/mol. The summed E-state index contributed by atoms with van der Waals surface area (Å²) in [5.74, 6) is 0. The molecule has 1 unspecified atom stereocenters. The van der Waals surface area contributed by atoms with Gasteiger partial charge in [-0.15, -0.1) is 5.10 Å². The minimum Gasteiger partial charge on any atom is -0.376 e. The molecule has 2 rings (SSSR count). The van der Waals surface area contributed by atoms with Crippen molar-refractivity contribution in [2.45, 2.75) is 43.7 Å². The van der Waals surface area contributed by atoms with E-state index in [2.05, 4.69) is 10.3 Å². The molecule has 1 heterocycles. The van der Waals surface area contributed by atoms with Crippen LogP contribution in [0.4, 0.5) is 0 Å². The molecule has 1 saturated carbocycles. The van der Waals surface area contributed by atoms with Crippen molar-refractivity contribution >= 4 is 0 Å². The van der Waals surface area contributed by atoms with Crippen LogP contribution < -0.4 is 5.73 Å². The molecule has 0 aromatic carbocycles. The highest BCUT2D eigenvalue weighted by Crippen LogP contribution is 2.39. The Bertz CT molecular complexity index is 344. The van der Waals surface area contributed by atoms with Gasteiger partial charge in [0.15, 0.2) is 0 Å². The third kappa shape index (κ3) is 1.85. The molecule has 0 spiro atoms. The van der Waals surface area contributed by atoms with Gasteiger partial charge in [-0.2, -0.15) is 0 Å². The Morgan fingerprint density at radius 2 is 2.12 bits per heavy atom. The maximum atomic E-state index is 6.33. The van der Waals surface area contributed by atoms with Crippen LogP contribution in [0.1, 0.15) is 43.8 Å². The molecule has 1 fully saturated rings. The number of aromatic nitrogens is 3. The lowest BCUT2D eigenvalue weighted by Crippen LogP contribution is -2.45. The van der Waals surface area contributed by atoms with E-state index >= 15 is 0 Å². The molecule has 1 atom stereocenters. The molecule has 0 bridgehead atoms. The Labute approximate surface area is 96.0 Å². The van der Waals surface area contributed by atoms with E-state index in [4.69, 9.17) is 10.5 Å². The number of nitrogens with two attached hydrogens (primary N) is 1. The Hall–Kier alpha value is -0.940. The summed E-state index contributed by atoms with van der Waals surface area (Å²) in [6.07, 6.45) is 7.44. The van der Waals surface area contributed by atoms with Crippen molar-refractivity contribution in [3.8, 4) is 0 Å². The summed E-state index contributed by atoms with van der Waals surface area (Å²) in [5.41, 5.74) is 7.05. The molecule has 0 radical (unpaired) electrons. The smallest absolute Gasteiger partial charge is 0.0886 e. The van der Waals surface area contributed by atoms with E-state index in [1.807, 2.05) is 7.05 Å². The monoisotopic (exact) mass is 224 g/mol. The third-order valence-electron chi connectivity index (χ3n) is 3.74. The molecule has 1 aromatic heterocycles. The molecule has 5 heteroatoms. The van der Waals surface area contributed by atoms with E-state index in [0.717, 1.165) is 18.5 Å². The normalized spacial score (nSPS) is 21.9. The van der Waals surface area contributed by atoms with Gasteiger partial charge in [0.25, 0.3) is 0 Å². The van der Waals surface area contributed by atoms with E-state index in [1.54, 1.807) is 18.0 Å². The Kier molecular flexibility index (Phi) is 3.25. The lowest BCUT2D eigenvalue weighted by atomic mass is 9.78. The molecule has 0 amide bonds. The van der Waals surface area contributed by atoms with Gasteiger partial charge in [-0.25, -0.2) is 0 Å². The molecule has 1 aliphatic rings. The highest BCUT2D eigenvalue weighted by atomic mass is 16.5. The van der Waals surface area contributed by atoms with Gasteiger partial charge >= 0.3 is 0 Å². The first-order valence-electron chi connectivity index (χ1n) is 5.85. The zero-order chi connectivity index (χ0) is 11.6. The molecular formula is C11H20N4O. The summed E-state index contributed by atoms with van der Waals surface area (Å²) in [7, 11) is 3.63. The van der Waals surface area contributed by atoms with Gasteiger partial charge in [-0.3, -0.25) is 4.68 Å². The number of methoxy groups -OCH3 is 1. The van der Waals surface area contributed by atoms with Crippen LogP contribution in [0.2, 0.25) is 0 Å². The van der Waals surface area contributed by atoms with Crippen LogP contribution >= 0.6 is 0 Å². The second kappa shape index (κ2) is 4.51. The molecule has 16 heavy (non-hydrogen) atoms. The second-order valence-corrected chi connectivity index (χ2v) is 4.59. The summed E-state index contributed by atoms with van der Waals surface area (Å²) >= 11 is 0. The summed E-state index contributed by atoms with van der Waals surface area (Å²) in [5, 5.41) is 7.81. The Morgan fingerprint density at radius 1 is 1.44 bits per heavy atom. The highest BCUT2D eigenvalue weighted by Gasteiger charge is 2.40. The van der Waals surface area contributed by atoms with Crippen LogP contribution in [0.5, 0.6) is 0 Å². The Balaban J connectivity index is 2.24. The van der Waals surface area contributed by atoms with Gasteiger partial charge in [0.1, 0.15) is 0 Å². The van der Waals surface area contributed by atoms with Gasteiger partial charge in [0.2, 0.25) is 0 Å². The van der Waals surface area contributed by atoms with Crippen molar-refractivity contribution in [1.82, 2.24) is 15.0 Å². The molecule has 1 aromatic rings. The topological polar surface area (TPSA) is 66.0 Å². The van der Waals surface area contributed by atoms with E-state index in [0.29, 0.717) is 0 Å². The largest absolute Gasteiger partial charge is 0.376 e. The SMILES string of the molecule is COC1(C(N)c2cnnn2C)CCCCC1. The van der Waals surface area contributed by atoms with E-state index < -0.39 is 0 Å². The zero-order valence-electron chi connectivity index (χ0n) is 10.0. The van der Waals surface area contributed by atoms with Crippen LogP contribution in [0.3, 0.4) is 0 Å². The molecule has 2 N–H and O–H groups in total. The third-order valence-corrected chi connectivity index (χ3v) is 3.74. The minimum atomic E-state index is -0.228. The van der Waals surface area contributed by atoms with Gasteiger partial charge in [-0.1, -0.05) is 24.5 Å². The van der Waals surface area contributed by atoms with E-state index in [1.165, 1.54) is 19.3 Å². The lowest BCUT2D eigenvalue weighted by Gasteiger charge is -2.40. The number of nitrogens with zero attached hydrogens (tertiary/aromatic N) is 3. The van der Waals surface area contributed by atoms with Crippen LogP contribution in [-0.2, 0) is 11.8 Å². The quantitative estimate of drug-likeness (QED) is 0.836. The van der Waals surface area contributed by atoms with E-state index in [9.17, 15) is 0 Å². The first-order valence-corrected chi connectivity index (χ1v) is 5.85. The maximum Gasteiger partial charge on any atom is 0.0886 e. The fraction of sp³-hybridized carbons (Fsp3) is 0.818. The van der Waals surface area contributed by atoms with Gasteiger partial charge in [-0.05, 0) is 12.8 Å². The van der Waals surface area contributed by atoms with Crippen LogP contribution in [0, 0.1) is 0 Å². The second-order valence-electron chi connectivity index (χ2n) is 4.59. The van der Waals surface area contributed by atoms with Crippen molar-refractivity contribution in [3.05, 3.63) is 11.9 Å². The fourth-order valence-corrected chi connectivity index (χ4v) is 2.64. The lowest BCUT2D eigenvalue weighted by molar-refractivity contribution is -0.0611. The van der Waals surface area contributed by atoms with Crippen LogP contribution in [-0.4, -0.2) is 27.7 Å². The van der Waals surface area contributed by atoms with Gasteiger partial charge in [0, 0.05) is 14.2 Å². The number of ether oxygens (including phenoxy) is 1. The molecule has 90 valence electrons. The summed E-state index contributed by atoms with van der Waals surface area (Å²) in [6, 6.07) is -0.141. The number of aryl methyl sites for hydroxylation is 1. The summed E-state index contributed by atoms with van der Waals surface area (Å²) < 4.78 is 7.46. The predicted molar refractivity (Wildman–Crippen MR) is 60.8 cm³/mol. The van der Waals surface area contributed by atoms with Crippen molar-refractivity contribution < 1.29 is 4.74 Å². The predicted octanol–water partition coefficient (Wildman–Crippen LogP) is 1.16. The molecule has 0 saturated heterocycles. The van der Waals surface area contributed by atoms with Gasteiger partial charge < -0.3 is 10.5 Å². The van der Waals surface area contributed by atoms with Crippen molar-refractivity contribution in [2.75, 3.05) is 7.11 Å². The van der Waals surface area contributed by atoms with Crippen LogP contribution in [0.25, 0.3) is 0 Å². The highest BCUT2D eigenvalue weighted by molar-refractivity contribution is 5.10. The summed E-state index contributed by atoms with van der Waals surface area (Å²) in [4.78, 5) is 0. The van der Waals surface area contributed by atoms with Gasteiger partial charge in [0.05, 0.1) is 23.5 Å². The fourth-order valence-electron chi connectivity index (χ4n) is 2.64. The van der Waals surface area contributed by atoms with Crippen LogP contribution in [0.15, 0.2) is 6.20 Å². The molecular weight excluding hydrogens is 204 g/mol. The molecule has 0 aliphatic heterocycles. The maximum absolute atomic E-state index is 6.33. The molecule has 1 aliphatic carbocycles. The number of hydrogen-bond donors (Lipinski definition) is 1. The number of hydrogen-bond acceptors (Lipinski definition) is 4. The van der Waals surface area contributed by atoms with E-state index in [-0.39, 0.29) is 11.6 Å². The average Bonchev–Trinajstić information content (AvgIpc) is 2.75. The first kappa shape index (κ1) is 11.5. The first-order chi connectivity index (χ1) is 7.69. The van der Waals surface area contributed by atoms with Crippen molar-refractivity contribution in [3.63, 3.8) is 0 Å². The standard InChI is InChI=1S/C11H20N4O/c1-15-9(8-13-14-15)10(12)11(16-2)6-4-3-5-7-11/h8,10H,3-7,12H2,1-2H3.